The van der Waals surface area contributed by atoms with Gasteiger partial charge in [0, 0.05) is 5.38 Å². The summed E-state index contributed by atoms with van der Waals surface area (Å²) in [6.07, 6.45) is 1.82. The predicted octanol–water partition coefficient (Wildman–Crippen LogP) is 4.01. The van der Waals surface area contributed by atoms with Crippen molar-refractivity contribution in [3.63, 3.8) is 0 Å². The lowest BCUT2D eigenvalue weighted by atomic mass is 9.89. The van der Waals surface area contributed by atoms with Gasteiger partial charge in [-0.05, 0) is 48.2 Å². The Labute approximate surface area is 151 Å². The van der Waals surface area contributed by atoms with Crippen molar-refractivity contribution in [2.75, 3.05) is 12.3 Å². The van der Waals surface area contributed by atoms with Crippen LogP contribution in [0, 0.1) is 0 Å². The number of hydrogen-bond donors (Lipinski definition) is 2. The number of nitrogens with two attached hydrogens (primary N) is 1. The van der Waals surface area contributed by atoms with Crippen molar-refractivity contribution < 1.29 is 14.8 Å². The number of nitrogens with one attached hydrogen (secondary N) is 1. The van der Waals surface area contributed by atoms with Crippen molar-refractivity contribution in [2.24, 2.45) is 0 Å². The fourth-order valence-electron chi connectivity index (χ4n) is 2.79. The highest BCUT2D eigenvalue weighted by Crippen LogP contribution is 2.30. The molecule has 0 saturated carbocycles. The Kier molecular flexibility index (Phi) is 5.56. The second-order valence-electron chi connectivity index (χ2n) is 6.02. The van der Waals surface area contributed by atoms with Gasteiger partial charge in [0.2, 0.25) is 0 Å². The van der Waals surface area contributed by atoms with Gasteiger partial charge in [-0.15, -0.1) is 0 Å². The highest BCUT2D eigenvalue weighted by atomic mass is 32.1. The lowest BCUT2D eigenvalue weighted by molar-refractivity contribution is -0.368. The smallest absolute Gasteiger partial charge is 0.329 e. The van der Waals surface area contributed by atoms with Crippen molar-refractivity contribution in [3.8, 4) is 11.5 Å². The van der Waals surface area contributed by atoms with Crippen LogP contribution in [-0.4, -0.2) is 11.7 Å². The first-order chi connectivity index (χ1) is 12.2. The Bertz CT molecular complexity index is 797. The number of H-pyrrole nitrogens is 1. The molecule has 4 N–H and O–H groups in total. The number of phenolic OH excluding ortho intramolecular Hbond substituents is 1. The monoisotopic (exact) mass is 355 g/mol. The third kappa shape index (κ3) is 4.51. The molecular formula is C20H23N2O2S+. The summed E-state index contributed by atoms with van der Waals surface area (Å²) in [5, 5.41) is 12.3. The van der Waals surface area contributed by atoms with Gasteiger partial charge in [0.15, 0.2) is 0 Å². The third-order valence-corrected chi connectivity index (χ3v) is 4.82. The second-order valence-corrected chi connectivity index (χ2v) is 6.93. The van der Waals surface area contributed by atoms with Gasteiger partial charge in [0.05, 0.1) is 12.5 Å². The molecule has 1 aromatic heterocycles. The minimum atomic E-state index is 0.165. The van der Waals surface area contributed by atoms with Gasteiger partial charge in [0.1, 0.15) is 17.2 Å². The van der Waals surface area contributed by atoms with Crippen molar-refractivity contribution >= 4 is 16.5 Å². The van der Waals surface area contributed by atoms with E-state index in [4.69, 9.17) is 10.5 Å². The summed E-state index contributed by atoms with van der Waals surface area (Å²) in [6.45, 7) is 2.82. The van der Waals surface area contributed by atoms with E-state index < -0.39 is 0 Å². The molecule has 2 aromatic carbocycles. The molecule has 5 heteroatoms. The lowest BCUT2D eigenvalue weighted by Crippen LogP contribution is -2.17. The Hall–Kier alpha value is -2.53. The molecule has 1 atom stereocenters. The number of aromatic amines is 1. The highest BCUT2D eigenvalue weighted by Gasteiger charge is 2.20. The minimum Gasteiger partial charge on any atom is -0.508 e. The maximum Gasteiger partial charge on any atom is 0.329 e. The lowest BCUT2D eigenvalue weighted by Gasteiger charge is -2.15. The highest BCUT2D eigenvalue weighted by molar-refractivity contribution is 7.13. The zero-order valence-corrected chi connectivity index (χ0v) is 15.1. The second kappa shape index (κ2) is 8.03. The predicted molar refractivity (Wildman–Crippen MR) is 101 cm³/mol. The number of phenols is 1. The first-order valence-electron chi connectivity index (χ1n) is 8.42. The molecule has 0 aliphatic carbocycles. The van der Waals surface area contributed by atoms with Gasteiger partial charge < -0.3 is 9.84 Å². The zero-order valence-electron chi connectivity index (χ0n) is 14.2. The van der Waals surface area contributed by atoms with Crippen LogP contribution in [0.15, 0.2) is 53.9 Å². The molecule has 0 fully saturated rings. The molecule has 0 spiro atoms. The van der Waals surface area contributed by atoms with Crippen LogP contribution in [-0.2, 0) is 6.42 Å². The Balaban J connectivity index is 1.86. The average Bonchev–Trinajstić information content (AvgIpc) is 3.06. The van der Waals surface area contributed by atoms with E-state index in [9.17, 15) is 5.11 Å². The van der Waals surface area contributed by atoms with Crippen LogP contribution >= 0.6 is 11.3 Å². The van der Waals surface area contributed by atoms with Gasteiger partial charge in [-0.25, -0.2) is 4.98 Å². The van der Waals surface area contributed by atoms with E-state index in [0.29, 0.717) is 5.13 Å². The molecule has 0 amide bonds. The van der Waals surface area contributed by atoms with Crippen molar-refractivity contribution in [2.45, 2.75) is 25.7 Å². The first kappa shape index (κ1) is 17.3. The number of benzene rings is 2. The molecule has 0 saturated heterocycles. The number of thiazole rings is 1. The number of aromatic hydroxyl groups is 1. The van der Waals surface area contributed by atoms with Crippen LogP contribution in [0.3, 0.4) is 0 Å². The molecule has 3 rings (SSSR count). The topological polar surface area (TPSA) is 69.6 Å². The largest absolute Gasteiger partial charge is 0.508 e. The molecule has 1 unspecified atom stereocenters. The quantitative estimate of drug-likeness (QED) is 0.673. The summed E-state index contributed by atoms with van der Waals surface area (Å²) < 4.78 is 5.68. The first-order valence-corrected chi connectivity index (χ1v) is 9.30. The zero-order chi connectivity index (χ0) is 17.6. The van der Waals surface area contributed by atoms with Gasteiger partial charge in [0.25, 0.3) is 0 Å². The molecule has 0 radical (unpaired) electrons. The summed E-state index contributed by atoms with van der Waals surface area (Å²) in [4.78, 5) is 3.27. The maximum absolute atomic E-state index is 9.49. The van der Waals surface area contributed by atoms with Gasteiger partial charge >= 0.3 is 5.13 Å². The summed E-state index contributed by atoms with van der Waals surface area (Å²) in [6, 6.07) is 15.6. The Morgan fingerprint density at radius 3 is 2.44 bits per heavy atom. The van der Waals surface area contributed by atoms with E-state index in [0.717, 1.165) is 36.5 Å². The van der Waals surface area contributed by atoms with Crippen LogP contribution in [0.4, 0.5) is 5.13 Å². The summed E-state index contributed by atoms with van der Waals surface area (Å²) >= 11 is 1.51. The van der Waals surface area contributed by atoms with Crippen LogP contribution in [0.2, 0.25) is 0 Å². The van der Waals surface area contributed by atoms with E-state index in [-0.39, 0.29) is 11.7 Å². The third-order valence-electron chi connectivity index (χ3n) is 4.09. The standard InChI is InChI=1S/C20H22N2O2S/c1-2-11-24-17-9-5-15(6-10-17)18(19-13-25-20(21)22-19)12-14-3-7-16(23)8-4-14/h3-10,13,18,23H,2,11-12H2,1H3,(H2,21,22)/p+1. The number of hydrogen-bond acceptors (Lipinski definition) is 4. The van der Waals surface area contributed by atoms with Crippen LogP contribution in [0.25, 0.3) is 0 Å². The Morgan fingerprint density at radius 2 is 1.84 bits per heavy atom. The van der Waals surface area contributed by atoms with Gasteiger partial charge in [-0.1, -0.05) is 42.5 Å². The van der Waals surface area contributed by atoms with E-state index in [2.05, 4.69) is 29.4 Å². The molecule has 25 heavy (non-hydrogen) atoms. The normalized spacial score (nSPS) is 12.0. The van der Waals surface area contributed by atoms with Gasteiger partial charge in [-0.3, -0.25) is 5.73 Å². The maximum atomic E-state index is 9.49. The SMILES string of the molecule is CCCOc1ccc(C(Cc2ccc(O)cc2)c2csc(N)[nH+]2)cc1. The van der Waals surface area contributed by atoms with Crippen molar-refractivity contribution in [3.05, 3.63) is 70.7 Å². The number of ether oxygens (including phenoxy) is 1. The van der Waals surface area contributed by atoms with Gasteiger partial charge in [-0.2, -0.15) is 0 Å². The minimum absolute atomic E-state index is 0.165. The van der Waals surface area contributed by atoms with E-state index in [1.54, 1.807) is 12.1 Å². The molecule has 1 heterocycles. The Morgan fingerprint density at radius 1 is 1.12 bits per heavy atom. The number of rotatable bonds is 7. The number of aromatic nitrogens is 1. The molecule has 0 aliphatic heterocycles. The van der Waals surface area contributed by atoms with E-state index in [1.807, 2.05) is 24.3 Å². The van der Waals surface area contributed by atoms with Crippen molar-refractivity contribution in [1.82, 2.24) is 0 Å². The van der Waals surface area contributed by atoms with Crippen LogP contribution < -0.4 is 15.5 Å². The molecule has 130 valence electrons. The summed E-state index contributed by atoms with van der Waals surface area (Å²) in [5.74, 6) is 1.34. The summed E-state index contributed by atoms with van der Waals surface area (Å²) in [7, 11) is 0. The summed E-state index contributed by atoms with van der Waals surface area (Å²) in [5.41, 5.74) is 9.35. The molecule has 0 bridgehead atoms. The fourth-order valence-corrected chi connectivity index (χ4v) is 3.44. The average molecular weight is 355 g/mol. The van der Waals surface area contributed by atoms with Crippen molar-refractivity contribution in [1.29, 1.82) is 0 Å². The molecule has 4 nitrogen and oxygen atoms in total. The van der Waals surface area contributed by atoms with E-state index in [1.165, 1.54) is 16.9 Å². The van der Waals surface area contributed by atoms with Crippen LogP contribution in [0.1, 0.15) is 36.1 Å². The van der Waals surface area contributed by atoms with E-state index >= 15 is 0 Å². The van der Waals surface area contributed by atoms with Crippen LogP contribution in [0.5, 0.6) is 11.5 Å². The molecule has 3 aromatic rings. The molecular weight excluding hydrogens is 332 g/mol. The number of nitrogen functional groups attached to an aromatic ring is 1. The number of anilines is 1. The fraction of sp³-hybridized carbons (Fsp3) is 0.250. The molecule has 0 aliphatic rings.